The van der Waals surface area contributed by atoms with Crippen molar-refractivity contribution in [1.82, 2.24) is 4.98 Å². The summed E-state index contributed by atoms with van der Waals surface area (Å²) < 4.78 is 5.11. The number of nitrogens with zero attached hydrogens (tertiary/aromatic N) is 1. The van der Waals surface area contributed by atoms with E-state index in [1.165, 1.54) is 19.5 Å². The number of carbonyl (C=O) groups is 2. The van der Waals surface area contributed by atoms with E-state index in [-0.39, 0.29) is 18.4 Å². The number of benzene rings is 1. The van der Waals surface area contributed by atoms with Crippen LogP contribution in [0.25, 0.3) is 0 Å². The summed E-state index contributed by atoms with van der Waals surface area (Å²) >= 11 is 0. The Labute approximate surface area is 127 Å². The summed E-state index contributed by atoms with van der Waals surface area (Å²) in [5, 5.41) is 5.35. The zero-order valence-corrected chi connectivity index (χ0v) is 12.0. The van der Waals surface area contributed by atoms with Crippen LogP contribution in [-0.2, 0) is 4.79 Å². The Balaban J connectivity index is 2.25. The zero-order chi connectivity index (χ0) is 15.9. The maximum atomic E-state index is 12.2. The van der Waals surface area contributed by atoms with Crippen molar-refractivity contribution in [3.05, 3.63) is 48.3 Å². The molecule has 1 aromatic carbocycles. The van der Waals surface area contributed by atoms with Crippen LogP contribution in [0.3, 0.4) is 0 Å². The number of hydrogen-bond donors (Lipinski definition) is 3. The van der Waals surface area contributed by atoms with Crippen molar-refractivity contribution in [2.45, 2.75) is 0 Å². The third-order valence-electron chi connectivity index (χ3n) is 2.88. The first-order valence-corrected chi connectivity index (χ1v) is 6.53. The number of aromatic nitrogens is 1. The average molecular weight is 300 g/mol. The van der Waals surface area contributed by atoms with Crippen LogP contribution >= 0.6 is 0 Å². The molecule has 7 heteroatoms. The number of amides is 2. The molecule has 4 N–H and O–H groups in total. The van der Waals surface area contributed by atoms with Gasteiger partial charge in [0.05, 0.1) is 25.0 Å². The van der Waals surface area contributed by atoms with E-state index < -0.39 is 0 Å². The topological polar surface area (TPSA) is 106 Å². The van der Waals surface area contributed by atoms with E-state index in [0.29, 0.717) is 22.7 Å². The normalized spacial score (nSPS) is 9.91. The number of nitrogens with one attached hydrogen (secondary N) is 2. The largest absolute Gasteiger partial charge is 0.497 e. The van der Waals surface area contributed by atoms with Gasteiger partial charge in [-0.25, -0.2) is 0 Å². The van der Waals surface area contributed by atoms with Crippen molar-refractivity contribution in [2.24, 2.45) is 5.73 Å². The van der Waals surface area contributed by atoms with Gasteiger partial charge in [0.2, 0.25) is 5.91 Å². The molecular formula is C15H16N4O3. The predicted octanol–water partition coefficient (Wildman–Crippen LogP) is 1.24. The lowest BCUT2D eigenvalue weighted by molar-refractivity contribution is -0.114. The quantitative estimate of drug-likeness (QED) is 0.770. The SMILES string of the molecule is COc1ccc(NC(=O)c2ccncc2)c(NC(=O)CN)c1. The lowest BCUT2D eigenvalue weighted by Crippen LogP contribution is -2.23. The molecule has 2 aromatic rings. The van der Waals surface area contributed by atoms with E-state index in [1.807, 2.05) is 0 Å². The Morgan fingerprint density at radius 3 is 2.50 bits per heavy atom. The van der Waals surface area contributed by atoms with Gasteiger partial charge in [-0.1, -0.05) is 0 Å². The summed E-state index contributed by atoms with van der Waals surface area (Å²) in [6.07, 6.45) is 3.06. The highest BCUT2D eigenvalue weighted by atomic mass is 16.5. The molecule has 0 aliphatic carbocycles. The predicted molar refractivity (Wildman–Crippen MR) is 82.9 cm³/mol. The second-order valence-electron chi connectivity index (χ2n) is 4.35. The van der Waals surface area contributed by atoms with Crippen LogP contribution in [0.2, 0.25) is 0 Å². The molecule has 1 aromatic heterocycles. The summed E-state index contributed by atoms with van der Waals surface area (Å²) in [6.45, 7) is -0.158. The molecule has 0 saturated carbocycles. The van der Waals surface area contributed by atoms with Crippen molar-refractivity contribution in [2.75, 3.05) is 24.3 Å². The molecule has 0 fully saturated rings. The highest BCUT2D eigenvalue weighted by molar-refractivity contribution is 6.07. The lowest BCUT2D eigenvalue weighted by Gasteiger charge is -2.13. The minimum absolute atomic E-state index is 0.158. The molecule has 114 valence electrons. The number of anilines is 2. The van der Waals surface area contributed by atoms with Gasteiger partial charge in [0.1, 0.15) is 5.75 Å². The second kappa shape index (κ2) is 7.19. The fraction of sp³-hybridized carbons (Fsp3) is 0.133. The number of carbonyl (C=O) groups excluding carboxylic acids is 2. The molecule has 0 bridgehead atoms. The molecule has 0 spiro atoms. The van der Waals surface area contributed by atoms with Crippen LogP contribution in [0.4, 0.5) is 11.4 Å². The van der Waals surface area contributed by atoms with E-state index in [9.17, 15) is 9.59 Å². The monoisotopic (exact) mass is 300 g/mol. The van der Waals surface area contributed by atoms with Crippen LogP contribution in [-0.4, -0.2) is 30.5 Å². The van der Waals surface area contributed by atoms with E-state index >= 15 is 0 Å². The van der Waals surface area contributed by atoms with E-state index in [0.717, 1.165) is 0 Å². The van der Waals surface area contributed by atoms with Gasteiger partial charge in [-0.15, -0.1) is 0 Å². The van der Waals surface area contributed by atoms with Crippen molar-refractivity contribution in [1.29, 1.82) is 0 Å². The Morgan fingerprint density at radius 2 is 1.86 bits per heavy atom. The Bertz CT molecular complexity index is 674. The fourth-order valence-corrected chi connectivity index (χ4v) is 1.76. The molecule has 1 heterocycles. The van der Waals surface area contributed by atoms with Gasteiger partial charge in [-0.2, -0.15) is 0 Å². The van der Waals surface area contributed by atoms with E-state index in [4.69, 9.17) is 10.5 Å². The summed E-state index contributed by atoms with van der Waals surface area (Å²) in [5.41, 5.74) is 6.62. The fourth-order valence-electron chi connectivity index (χ4n) is 1.76. The van der Waals surface area contributed by atoms with Crippen LogP contribution in [0.5, 0.6) is 5.75 Å². The standard InChI is InChI=1S/C15H16N4O3/c1-22-11-2-3-12(13(8-11)18-14(20)9-16)19-15(21)10-4-6-17-7-5-10/h2-8H,9,16H2,1H3,(H,18,20)(H,19,21). The van der Waals surface area contributed by atoms with Gasteiger partial charge in [0.15, 0.2) is 0 Å². The van der Waals surface area contributed by atoms with Gasteiger partial charge in [0, 0.05) is 24.0 Å². The molecule has 2 amide bonds. The molecule has 0 aliphatic rings. The zero-order valence-electron chi connectivity index (χ0n) is 12.0. The van der Waals surface area contributed by atoms with Crippen LogP contribution < -0.4 is 21.1 Å². The van der Waals surface area contributed by atoms with Crippen molar-refractivity contribution < 1.29 is 14.3 Å². The van der Waals surface area contributed by atoms with Gasteiger partial charge < -0.3 is 21.1 Å². The number of rotatable bonds is 5. The highest BCUT2D eigenvalue weighted by Crippen LogP contribution is 2.27. The first kappa shape index (κ1) is 15.5. The highest BCUT2D eigenvalue weighted by Gasteiger charge is 2.11. The number of methoxy groups -OCH3 is 1. The molecule has 2 rings (SSSR count). The lowest BCUT2D eigenvalue weighted by atomic mass is 10.2. The van der Waals surface area contributed by atoms with Crippen molar-refractivity contribution in [3.63, 3.8) is 0 Å². The summed E-state index contributed by atoms with van der Waals surface area (Å²) in [6, 6.07) is 8.12. The Morgan fingerprint density at radius 1 is 1.14 bits per heavy atom. The Kier molecular flexibility index (Phi) is 5.05. The number of hydrogen-bond acceptors (Lipinski definition) is 5. The summed E-state index contributed by atoms with van der Waals surface area (Å²) in [4.78, 5) is 27.5. The van der Waals surface area contributed by atoms with Gasteiger partial charge in [-0.3, -0.25) is 14.6 Å². The third kappa shape index (κ3) is 3.80. The molecule has 7 nitrogen and oxygen atoms in total. The molecule has 0 radical (unpaired) electrons. The van der Waals surface area contributed by atoms with Gasteiger partial charge in [-0.05, 0) is 24.3 Å². The van der Waals surface area contributed by atoms with Crippen molar-refractivity contribution in [3.8, 4) is 5.75 Å². The second-order valence-corrected chi connectivity index (χ2v) is 4.35. The Hall–Kier alpha value is -2.93. The molecule has 0 aliphatic heterocycles. The summed E-state index contributed by atoms with van der Waals surface area (Å²) in [5.74, 6) is -0.127. The molecular weight excluding hydrogens is 284 g/mol. The maximum Gasteiger partial charge on any atom is 0.255 e. The average Bonchev–Trinajstić information content (AvgIpc) is 2.56. The summed E-state index contributed by atoms with van der Waals surface area (Å²) in [7, 11) is 1.51. The minimum atomic E-state index is -0.368. The first-order chi connectivity index (χ1) is 10.6. The molecule has 0 saturated heterocycles. The number of nitrogens with two attached hydrogens (primary N) is 1. The van der Waals surface area contributed by atoms with Crippen LogP contribution in [0, 0.1) is 0 Å². The third-order valence-corrected chi connectivity index (χ3v) is 2.88. The minimum Gasteiger partial charge on any atom is -0.497 e. The number of ether oxygens (including phenoxy) is 1. The van der Waals surface area contributed by atoms with E-state index in [1.54, 1.807) is 30.3 Å². The molecule has 22 heavy (non-hydrogen) atoms. The smallest absolute Gasteiger partial charge is 0.255 e. The number of pyridine rings is 1. The van der Waals surface area contributed by atoms with E-state index in [2.05, 4.69) is 15.6 Å². The van der Waals surface area contributed by atoms with Gasteiger partial charge in [0.25, 0.3) is 5.91 Å². The van der Waals surface area contributed by atoms with Crippen LogP contribution in [0.15, 0.2) is 42.7 Å². The molecule has 0 atom stereocenters. The maximum absolute atomic E-state index is 12.2. The van der Waals surface area contributed by atoms with Crippen molar-refractivity contribution >= 4 is 23.2 Å². The first-order valence-electron chi connectivity index (χ1n) is 6.53. The van der Waals surface area contributed by atoms with Crippen LogP contribution in [0.1, 0.15) is 10.4 Å². The van der Waals surface area contributed by atoms with Gasteiger partial charge >= 0.3 is 0 Å². The molecule has 0 unspecified atom stereocenters.